The van der Waals surface area contributed by atoms with Crippen molar-refractivity contribution in [1.29, 1.82) is 0 Å². The van der Waals surface area contributed by atoms with Crippen LogP contribution in [0.15, 0.2) is 0 Å². The molecule has 1 atom stereocenters. The Hall–Kier alpha value is -0.120. The van der Waals surface area contributed by atoms with E-state index in [-0.39, 0.29) is 17.2 Å². The summed E-state index contributed by atoms with van der Waals surface area (Å²) in [6, 6.07) is 0. The van der Waals surface area contributed by atoms with E-state index in [0.717, 1.165) is 6.54 Å². The highest BCUT2D eigenvalue weighted by molar-refractivity contribution is 4.86. The minimum absolute atomic E-state index is 0.0571. The maximum Gasteiger partial charge on any atom is 0.165 e. The van der Waals surface area contributed by atoms with E-state index in [0.29, 0.717) is 13.3 Å². The molecule has 1 unspecified atom stereocenters. The monoisotopic (exact) mass is 215 g/mol. The molecule has 0 aliphatic carbocycles. The molecule has 3 heteroatoms. The van der Waals surface area contributed by atoms with E-state index in [1.165, 1.54) is 0 Å². The summed E-state index contributed by atoms with van der Waals surface area (Å²) in [5.41, 5.74) is 0.218. The van der Waals surface area contributed by atoms with E-state index >= 15 is 0 Å². The lowest BCUT2D eigenvalue weighted by Gasteiger charge is -2.48. The lowest BCUT2D eigenvalue weighted by Crippen LogP contribution is -2.56. The molecule has 90 valence electrons. The quantitative estimate of drug-likeness (QED) is 0.706. The van der Waals surface area contributed by atoms with E-state index in [9.17, 15) is 0 Å². The topological polar surface area (TPSA) is 21.7 Å². The number of hydrogen-bond acceptors (Lipinski definition) is 3. The van der Waals surface area contributed by atoms with Crippen molar-refractivity contribution in [3.05, 3.63) is 0 Å². The van der Waals surface area contributed by atoms with Crippen LogP contribution >= 0.6 is 0 Å². The van der Waals surface area contributed by atoms with Crippen molar-refractivity contribution in [2.45, 2.75) is 53.4 Å². The van der Waals surface area contributed by atoms with Gasteiger partial charge in [-0.25, -0.2) is 0 Å². The lowest BCUT2D eigenvalue weighted by molar-refractivity contribution is -0.263. The summed E-state index contributed by atoms with van der Waals surface area (Å²) < 4.78 is 11.4. The molecule has 15 heavy (non-hydrogen) atoms. The average Bonchev–Trinajstić information content (AvgIpc) is 2.06. The minimum atomic E-state index is -0.0684. The summed E-state index contributed by atoms with van der Waals surface area (Å²) in [6.45, 7) is 15.4. The van der Waals surface area contributed by atoms with Gasteiger partial charge in [-0.15, -0.1) is 0 Å². The summed E-state index contributed by atoms with van der Waals surface area (Å²) in [4.78, 5) is 2.35. The van der Waals surface area contributed by atoms with Gasteiger partial charge in [-0.2, -0.15) is 0 Å². The highest BCUT2D eigenvalue weighted by atomic mass is 16.7. The standard InChI is InChI=1S/C12H25NO2/c1-7-14-10-12(5,6)8-13(9-15-10)11(2,3)4/h10H,7-9H2,1-6H3. The zero-order valence-electron chi connectivity index (χ0n) is 11.0. The third kappa shape index (κ3) is 3.16. The molecule has 1 aliphatic rings. The molecule has 1 saturated heterocycles. The largest absolute Gasteiger partial charge is 0.352 e. The van der Waals surface area contributed by atoms with Crippen molar-refractivity contribution in [3.8, 4) is 0 Å². The predicted octanol–water partition coefficient (Wildman–Crippen LogP) is 2.46. The van der Waals surface area contributed by atoms with Crippen LogP contribution < -0.4 is 0 Å². The number of ether oxygens (including phenoxy) is 2. The zero-order chi connectivity index (χ0) is 11.7. The Balaban J connectivity index is 2.64. The Morgan fingerprint density at radius 1 is 1.40 bits per heavy atom. The van der Waals surface area contributed by atoms with Crippen molar-refractivity contribution < 1.29 is 9.47 Å². The molecular weight excluding hydrogens is 190 g/mol. The predicted molar refractivity (Wildman–Crippen MR) is 61.6 cm³/mol. The van der Waals surface area contributed by atoms with Gasteiger partial charge in [0.25, 0.3) is 0 Å². The molecule has 0 bridgehead atoms. The maximum absolute atomic E-state index is 5.78. The second-order valence-electron chi connectivity index (χ2n) is 5.94. The van der Waals surface area contributed by atoms with Crippen LogP contribution in [-0.2, 0) is 9.47 Å². The Morgan fingerprint density at radius 3 is 2.40 bits per heavy atom. The minimum Gasteiger partial charge on any atom is -0.352 e. The van der Waals surface area contributed by atoms with Crippen LogP contribution in [0, 0.1) is 5.41 Å². The fraction of sp³-hybridized carbons (Fsp3) is 1.00. The van der Waals surface area contributed by atoms with Gasteiger partial charge in [-0.3, -0.25) is 4.90 Å². The molecule has 1 heterocycles. The zero-order valence-corrected chi connectivity index (χ0v) is 11.0. The molecule has 0 saturated carbocycles. The Morgan fingerprint density at radius 2 is 2.00 bits per heavy atom. The maximum atomic E-state index is 5.78. The van der Waals surface area contributed by atoms with Crippen LogP contribution in [0.1, 0.15) is 41.5 Å². The Labute approximate surface area is 93.7 Å². The Kier molecular flexibility index (Phi) is 3.80. The van der Waals surface area contributed by atoms with Gasteiger partial charge < -0.3 is 9.47 Å². The first-order valence-electron chi connectivity index (χ1n) is 5.75. The highest BCUT2D eigenvalue weighted by Crippen LogP contribution is 2.32. The second-order valence-corrected chi connectivity index (χ2v) is 5.94. The first-order valence-corrected chi connectivity index (χ1v) is 5.75. The molecule has 0 aromatic carbocycles. The first-order chi connectivity index (χ1) is 6.77. The molecule has 1 fully saturated rings. The van der Waals surface area contributed by atoms with Gasteiger partial charge in [0, 0.05) is 24.1 Å². The van der Waals surface area contributed by atoms with E-state index < -0.39 is 0 Å². The van der Waals surface area contributed by atoms with E-state index in [2.05, 4.69) is 39.5 Å². The lowest BCUT2D eigenvalue weighted by atomic mass is 9.88. The van der Waals surface area contributed by atoms with Crippen LogP contribution in [0.25, 0.3) is 0 Å². The normalized spacial score (nSPS) is 28.0. The summed E-state index contributed by atoms with van der Waals surface area (Å²) in [6.07, 6.45) is -0.0684. The fourth-order valence-corrected chi connectivity index (χ4v) is 1.85. The second kappa shape index (κ2) is 4.40. The third-order valence-corrected chi connectivity index (χ3v) is 2.88. The number of nitrogens with zero attached hydrogens (tertiary/aromatic N) is 1. The van der Waals surface area contributed by atoms with E-state index in [4.69, 9.17) is 9.47 Å². The average molecular weight is 215 g/mol. The Bertz CT molecular complexity index is 208. The van der Waals surface area contributed by atoms with Gasteiger partial charge >= 0.3 is 0 Å². The molecule has 1 aliphatic heterocycles. The van der Waals surface area contributed by atoms with Crippen molar-refractivity contribution in [2.24, 2.45) is 5.41 Å². The van der Waals surface area contributed by atoms with Crippen LogP contribution in [0.2, 0.25) is 0 Å². The molecule has 0 N–H and O–H groups in total. The summed E-state index contributed by atoms with van der Waals surface area (Å²) in [7, 11) is 0. The molecule has 0 aromatic rings. The summed E-state index contributed by atoms with van der Waals surface area (Å²) >= 11 is 0. The van der Waals surface area contributed by atoms with Gasteiger partial charge in [-0.05, 0) is 27.7 Å². The van der Waals surface area contributed by atoms with Gasteiger partial charge in [0.1, 0.15) is 6.73 Å². The first kappa shape index (κ1) is 12.9. The van der Waals surface area contributed by atoms with Crippen molar-refractivity contribution in [2.75, 3.05) is 19.9 Å². The van der Waals surface area contributed by atoms with Crippen LogP contribution in [0.5, 0.6) is 0 Å². The van der Waals surface area contributed by atoms with E-state index in [1.54, 1.807) is 0 Å². The van der Waals surface area contributed by atoms with Crippen LogP contribution in [0.4, 0.5) is 0 Å². The SMILES string of the molecule is CCOC1OCN(C(C)(C)C)CC1(C)C. The molecule has 1 rings (SSSR count). The van der Waals surface area contributed by atoms with Gasteiger partial charge in [0.2, 0.25) is 0 Å². The van der Waals surface area contributed by atoms with E-state index in [1.807, 2.05) is 6.92 Å². The van der Waals surface area contributed by atoms with Gasteiger partial charge in [0.15, 0.2) is 6.29 Å². The smallest absolute Gasteiger partial charge is 0.165 e. The molecule has 0 radical (unpaired) electrons. The van der Waals surface area contributed by atoms with Crippen LogP contribution in [0.3, 0.4) is 0 Å². The number of hydrogen-bond donors (Lipinski definition) is 0. The highest BCUT2D eigenvalue weighted by Gasteiger charge is 2.40. The van der Waals surface area contributed by atoms with Gasteiger partial charge in [0.05, 0.1) is 0 Å². The molecule has 0 spiro atoms. The third-order valence-electron chi connectivity index (χ3n) is 2.88. The fourth-order valence-electron chi connectivity index (χ4n) is 1.85. The van der Waals surface area contributed by atoms with Crippen molar-refractivity contribution in [3.63, 3.8) is 0 Å². The molecule has 3 nitrogen and oxygen atoms in total. The van der Waals surface area contributed by atoms with Crippen molar-refractivity contribution in [1.82, 2.24) is 4.90 Å². The summed E-state index contributed by atoms with van der Waals surface area (Å²) in [5, 5.41) is 0. The van der Waals surface area contributed by atoms with Crippen molar-refractivity contribution >= 4 is 0 Å². The molecule has 0 amide bonds. The number of rotatable bonds is 2. The van der Waals surface area contributed by atoms with Crippen LogP contribution in [-0.4, -0.2) is 36.6 Å². The van der Waals surface area contributed by atoms with Gasteiger partial charge in [-0.1, -0.05) is 13.8 Å². The molecular formula is C12H25NO2. The molecule has 0 aromatic heterocycles. The summed E-state index contributed by atoms with van der Waals surface area (Å²) in [5.74, 6) is 0.